The third-order valence-corrected chi connectivity index (χ3v) is 2.22. The van der Waals surface area contributed by atoms with Gasteiger partial charge in [-0.05, 0) is 30.7 Å². The molecule has 0 amide bonds. The molecule has 0 fully saturated rings. The van der Waals surface area contributed by atoms with Gasteiger partial charge >= 0.3 is 0 Å². The molecule has 1 N–H and O–H groups in total. The molecular weight excluding hydrogens is 202 g/mol. The molecule has 0 radical (unpaired) electrons. The highest BCUT2D eigenvalue weighted by atomic mass is 16.5. The second-order valence-corrected chi connectivity index (χ2v) is 3.39. The number of nitrogens with zero attached hydrogens (tertiary/aromatic N) is 1. The highest BCUT2D eigenvalue weighted by Gasteiger charge is 1.99. The number of pyridine rings is 1. The summed E-state index contributed by atoms with van der Waals surface area (Å²) in [5, 5.41) is 9.33. The molecule has 1 heterocycles. The maximum Gasteiger partial charge on any atom is 0.134 e. The van der Waals surface area contributed by atoms with Gasteiger partial charge in [-0.15, -0.1) is 0 Å². The Hall–Kier alpha value is -2.03. The lowest BCUT2D eigenvalue weighted by Crippen LogP contribution is -1.90. The molecule has 16 heavy (non-hydrogen) atoms. The lowest BCUT2D eigenvalue weighted by atomic mass is 10.1. The molecular formula is C13H13NO2. The van der Waals surface area contributed by atoms with Crippen molar-refractivity contribution in [2.24, 2.45) is 0 Å². The van der Waals surface area contributed by atoms with Gasteiger partial charge in [-0.25, -0.2) is 0 Å². The van der Waals surface area contributed by atoms with Crippen LogP contribution in [0.15, 0.2) is 42.7 Å². The molecule has 82 valence electrons. The quantitative estimate of drug-likeness (QED) is 0.856. The topological polar surface area (TPSA) is 42.4 Å². The van der Waals surface area contributed by atoms with Gasteiger partial charge in [0.05, 0.1) is 12.8 Å². The highest BCUT2D eigenvalue weighted by molar-refractivity contribution is 5.64. The second-order valence-electron chi connectivity index (χ2n) is 3.39. The van der Waals surface area contributed by atoms with E-state index in [1.54, 1.807) is 12.3 Å². The van der Waals surface area contributed by atoms with Gasteiger partial charge in [-0.1, -0.05) is 12.1 Å². The van der Waals surface area contributed by atoms with Crippen LogP contribution in [-0.4, -0.2) is 16.7 Å². The largest absolute Gasteiger partial charge is 0.506 e. The minimum Gasteiger partial charge on any atom is -0.506 e. The molecule has 0 aliphatic heterocycles. The summed E-state index contributed by atoms with van der Waals surface area (Å²) >= 11 is 0. The van der Waals surface area contributed by atoms with E-state index in [1.807, 2.05) is 31.2 Å². The molecule has 3 heteroatoms. The molecule has 3 nitrogen and oxygen atoms in total. The minimum absolute atomic E-state index is 0.173. The van der Waals surface area contributed by atoms with Crippen molar-refractivity contribution in [1.29, 1.82) is 0 Å². The molecule has 1 aromatic heterocycles. The SMILES string of the molecule is CCOc1ccc(-c2cncc(O)c2)cc1. The summed E-state index contributed by atoms with van der Waals surface area (Å²) < 4.78 is 5.36. The van der Waals surface area contributed by atoms with E-state index in [-0.39, 0.29) is 5.75 Å². The van der Waals surface area contributed by atoms with Crippen LogP contribution in [0, 0.1) is 0 Å². The first-order valence-corrected chi connectivity index (χ1v) is 5.17. The average Bonchev–Trinajstić information content (AvgIpc) is 2.30. The van der Waals surface area contributed by atoms with Gasteiger partial charge < -0.3 is 9.84 Å². The van der Waals surface area contributed by atoms with E-state index in [4.69, 9.17) is 4.74 Å². The van der Waals surface area contributed by atoms with Crippen LogP contribution in [-0.2, 0) is 0 Å². The summed E-state index contributed by atoms with van der Waals surface area (Å²) in [4.78, 5) is 3.94. The summed E-state index contributed by atoms with van der Waals surface area (Å²) in [5.74, 6) is 1.02. The monoisotopic (exact) mass is 215 g/mol. The van der Waals surface area contributed by atoms with Crippen molar-refractivity contribution in [3.05, 3.63) is 42.7 Å². The zero-order valence-corrected chi connectivity index (χ0v) is 9.05. The fourth-order valence-corrected chi connectivity index (χ4v) is 1.50. The summed E-state index contributed by atoms with van der Waals surface area (Å²) in [5.41, 5.74) is 1.90. The van der Waals surface area contributed by atoms with E-state index in [2.05, 4.69) is 4.98 Å². The van der Waals surface area contributed by atoms with Crippen molar-refractivity contribution in [2.75, 3.05) is 6.61 Å². The number of hydrogen-bond donors (Lipinski definition) is 1. The van der Waals surface area contributed by atoms with Crippen molar-refractivity contribution in [3.8, 4) is 22.6 Å². The number of hydrogen-bond acceptors (Lipinski definition) is 3. The van der Waals surface area contributed by atoms with Crippen LogP contribution < -0.4 is 4.74 Å². The average molecular weight is 215 g/mol. The molecule has 1 aromatic carbocycles. The maximum atomic E-state index is 9.33. The first-order chi connectivity index (χ1) is 7.79. The number of benzene rings is 1. The molecule has 0 bridgehead atoms. The number of aromatic nitrogens is 1. The Morgan fingerprint density at radius 1 is 1.12 bits per heavy atom. The predicted octanol–water partition coefficient (Wildman–Crippen LogP) is 2.85. The Balaban J connectivity index is 2.27. The summed E-state index contributed by atoms with van der Waals surface area (Å²) in [6.45, 7) is 2.61. The summed E-state index contributed by atoms with van der Waals surface area (Å²) in [6, 6.07) is 9.39. The Kier molecular flexibility index (Phi) is 3.05. The van der Waals surface area contributed by atoms with Crippen LogP contribution in [0.3, 0.4) is 0 Å². The Bertz CT molecular complexity index is 466. The molecule has 0 saturated heterocycles. The molecule has 0 saturated carbocycles. The van der Waals surface area contributed by atoms with Gasteiger partial charge in [0, 0.05) is 11.8 Å². The first kappa shape index (κ1) is 10.5. The van der Waals surface area contributed by atoms with E-state index in [1.165, 1.54) is 6.20 Å². The van der Waals surface area contributed by atoms with E-state index >= 15 is 0 Å². The molecule has 2 rings (SSSR count). The fraction of sp³-hybridized carbons (Fsp3) is 0.154. The highest BCUT2D eigenvalue weighted by Crippen LogP contribution is 2.24. The lowest BCUT2D eigenvalue weighted by Gasteiger charge is -2.05. The second kappa shape index (κ2) is 4.66. The predicted molar refractivity (Wildman–Crippen MR) is 62.5 cm³/mol. The van der Waals surface area contributed by atoms with Crippen LogP contribution >= 0.6 is 0 Å². The first-order valence-electron chi connectivity index (χ1n) is 5.17. The van der Waals surface area contributed by atoms with E-state index < -0.39 is 0 Å². The molecule has 0 atom stereocenters. The number of ether oxygens (including phenoxy) is 1. The molecule has 2 aromatic rings. The lowest BCUT2D eigenvalue weighted by molar-refractivity contribution is 0.340. The zero-order chi connectivity index (χ0) is 11.4. The van der Waals surface area contributed by atoms with Crippen LogP contribution in [0.5, 0.6) is 11.5 Å². The molecule has 0 unspecified atom stereocenters. The normalized spacial score (nSPS) is 10.1. The maximum absolute atomic E-state index is 9.33. The Morgan fingerprint density at radius 2 is 1.88 bits per heavy atom. The van der Waals surface area contributed by atoms with Crippen molar-refractivity contribution in [3.63, 3.8) is 0 Å². The van der Waals surface area contributed by atoms with Gasteiger partial charge in [0.2, 0.25) is 0 Å². The van der Waals surface area contributed by atoms with Crippen molar-refractivity contribution in [1.82, 2.24) is 4.98 Å². The van der Waals surface area contributed by atoms with E-state index in [0.717, 1.165) is 16.9 Å². The van der Waals surface area contributed by atoms with Crippen LogP contribution in [0.1, 0.15) is 6.92 Å². The van der Waals surface area contributed by atoms with E-state index in [9.17, 15) is 5.11 Å². The van der Waals surface area contributed by atoms with Gasteiger partial charge in [-0.3, -0.25) is 4.98 Å². The van der Waals surface area contributed by atoms with Crippen molar-refractivity contribution < 1.29 is 9.84 Å². The summed E-state index contributed by atoms with van der Waals surface area (Å²) in [6.07, 6.45) is 3.13. The third kappa shape index (κ3) is 2.31. The third-order valence-electron chi connectivity index (χ3n) is 2.22. The van der Waals surface area contributed by atoms with E-state index in [0.29, 0.717) is 6.61 Å². The number of rotatable bonds is 3. The van der Waals surface area contributed by atoms with Crippen molar-refractivity contribution in [2.45, 2.75) is 6.92 Å². The zero-order valence-electron chi connectivity index (χ0n) is 9.05. The van der Waals surface area contributed by atoms with Crippen molar-refractivity contribution >= 4 is 0 Å². The molecule has 0 aliphatic carbocycles. The molecule has 0 spiro atoms. The van der Waals surface area contributed by atoms with Gasteiger partial charge in [0.15, 0.2) is 0 Å². The number of aromatic hydroxyl groups is 1. The molecule has 0 aliphatic rings. The Labute approximate surface area is 94.3 Å². The Morgan fingerprint density at radius 3 is 2.50 bits per heavy atom. The van der Waals surface area contributed by atoms with Gasteiger partial charge in [-0.2, -0.15) is 0 Å². The van der Waals surface area contributed by atoms with Gasteiger partial charge in [0.25, 0.3) is 0 Å². The smallest absolute Gasteiger partial charge is 0.134 e. The minimum atomic E-state index is 0.173. The fourth-order valence-electron chi connectivity index (χ4n) is 1.50. The summed E-state index contributed by atoms with van der Waals surface area (Å²) in [7, 11) is 0. The van der Waals surface area contributed by atoms with Crippen LogP contribution in [0.2, 0.25) is 0 Å². The standard InChI is InChI=1S/C13H13NO2/c1-2-16-13-5-3-10(4-6-13)11-7-12(15)9-14-8-11/h3-9,15H,2H2,1H3. The van der Waals surface area contributed by atoms with Crippen LogP contribution in [0.4, 0.5) is 0 Å². The van der Waals surface area contributed by atoms with Gasteiger partial charge in [0.1, 0.15) is 11.5 Å². The van der Waals surface area contributed by atoms with Crippen LogP contribution in [0.25, 0.3) is 11.1 Å².